The van der Waals surface area contributed by atoms with Crippen molar-refractivity contribution in [3.63, 3.8) is 0 Å². The lowest BCUT2D eigenvalue weighted by atomic mass is 10.0. The van der Waals surface area contributed by atoms with E-state index in [1.54, 1.807) is 18.2 Å². The van der Waals surface area contributed by atoms with E-state index in [9.17, 15) is 18.3 Å². The number of aromatic hydroxyl groups is 1. The highest BCUT2D eigenvalue weighted by Gasteiger charge is 2.31. The predicted molar refractivity (Wildman–Crippen MR) is 63.6 cm³/mol. The molecule has 0 fully saturated rings. The van der Waals surface area contributed by atoms with Crippen molar-refractivity contribution < 1.29 is 18.3 Å². The van der Waals surface area contributed by atoms with Gasteiger partial charge in [0.2, 0.25) is 0 Å². The zero-order valence-corrected chi connectivity index (χ0v) is 9.76. The van der Waals surface area contributed by atoms with Crippen LogP contribution in [0.3, 0.4) is 0 Å². The molecule has 0 aromatic heterocycles. The molecular weight excluding hydrogens is 265 g/mol. The number of halogens is 4. The largest absolute Gasteiger partial charge is 0.508 e. The maximum Gasteiger partial charge on any atom is 0.416 e. The Morgan fingerprint density at radius 1 is 0.944 bits per heavy atom. The minimum absolute atomic E-state index is 0.268. The van der Waals surface area contributed by atoms with Crippen LogP contribution >= 0.6 is 11.6 Å². The van der Waals surface area contributed by atoms with Gasteiger partial charge in [0.15, 0.2) is 0 Å². The zero-order valence-electron chi connectivity index (χ0n) is 9.00. The molecule has 1 N–H and O–H groups in total. The molecule has 0 aliphatic heterocycles. The molecule has 0 saturated heterocycles. The average Bonchev–Trinajstić information content (AvgIpc) is 2.27. The smallest absolute Gasteiger partial charge is 0.416 e. The Bertz CT molecular complexity index is 579. The first kappa shape index (κ1) is 12.8. The highest BCUT2D eigenvalue weighted by atomic mass is 35.5. The summed E-state index contributed by atoms with van der Waals surface area (Å²) < 4.78 is 37.8. The van der Waals surface area contributed by atoms with Crippen LogP contribution in [0.1, 0.15) is 5.56 Å². The van der Waals surface area contributed by atoms with Crippen LogP contribution in [0.4, 0.5) is 13.2 Å². The predicted octanol–water partition coefficient (Wildman–Crippen LogP) is 4.73. The van der Waals surface area contributed by atoms with E-state index in [0.29, 0.717) is 16.7 Å². The molecule has 0 aliphatic carbocycles. The normalized spacial score (nSPS) is 11.6. The maximum atomic E-state index is 12.6. The van der Waals surface area contributed by atoms with Crippen molar-refractivity contribution in [3.05, 3.63) is 53.1 Å². The fourth-order valence-corrected chi connectivity index (χ4v) is 1.80. The summed E-state index contributed by atoms with van der Waals surface area (Å²) in [5, 5.41) is 9.78. The van der Waals surface area contributed by atoms with Crippen LogP contribution in [0.2, 0.25) is 5.02 Å². The Hall–Kier alpha value is -1.68. The molecule has 0 atom stereocenters. The van der Waals surface area contributed by atoms with E-state index in [1.165, 1.54) is 12.1 Å². The summed E-state index contributed by atoms with van der Waals surface area (Å²) in [7, 11) is 0. The van der Waals surface area contributed by atoms with Crippen LogP contribution in [0.25, 0.3) is 11.1 Å². The number of phenolic OH excluding ortho intramolecular Hbond substituents is 1. The molecule has 0 aliphatic rings. The van der Waals surface area contributed by atoms with Crippen molar-refractivity contribution >= 4 is 11.6 Å². The monoisotopic (exact) mass is 272 g/mol. The molecule has 0 amide bonds. The molecule has 5 heteroatoms. The van der Waals surface area contributed by atoms with Crippen LogP contribution in [0, 0.1) is 0 Å². The average molecular weight is 273 g/mol. The summed E-state index contributed by atoms with van der Waals surface area (Å²) in [5.74, 6) is -0.431. The van der Waals surface area contributed by atoms with Crippen LogP contribution in [-0.4, -0.2) is 5.11 Å². The molecule has 2 rings (SSSR count). The second-order valence-corrected chi connectivity index (χ2v) is 4.21. The van der Waals surface area contributed by atoms with Crippen molar-refractivity contribution in [1.29, 1.82) is 0 Å². The van der Waals surface area contributed by atoms with Crippen molar-refractivity contribution in [3.8, 4) is 16.9 Å². The SMILES string of the molecule is Oc1cc(-c2cccc(Cl)c2)cc(C(F)(F)F)c1. The van der Waals surface area contributed by atoms with Crippen LogP contribution in [0.5, 0.6) is 5.75 Å². The first-order valence-electron chi connectivity index (χ1n) is 5.03. The Labute approximate surface area is 106 Å². The quantitative estimate of drug-likeness (QED) is 0.795. The van der Waals surface area contributed by atoms with E-state index in [-0.39, 0.29) is 5.56 Å². The lowest BCUT2D eigenvalue weighted by Crippen LogP contribution is -2.04. The first-order valence-corrected chi connectivity index (χ1v) is 5.41. The van der Waals surface area contributed by atoms with Crippen molar-refractivity contribution in [2.24, 2.45) is 0 Å². The third-order valence-corrected chi connectivity index (χ3v) is 2.64. The van der Waals surface area contributed by atoms with Gasteiger partial charge in [-0.15, -0.1) is 0 Å². The van der Waals surface area contributed by atoms with Crippen molar-refractivity contribution in [1.82, 2.24) is 0 Å². The van der Waals surface area contributed by atoms with Crippen molar-refractivity contribution in [2.75, 3.05) is 0 Å². The molecule has 18 heavy (non-hydrogen) atoms. The number of phenols is 1. The molecule has 0 bridgehead atoms. The number of rotatable bonds is 1. The molecule has 0 heterocycles. The van der Waals surface area contributed by atoms with Gasteiger partial charge in [-0.05, 0) is 41.5 Å². The second kappa shape index (κ2) is 4.53. The standard InChI is InChI=1S/C13H8ClF3O/c14-11-3-1-2-8(5-11)9-4-10(13(15,16)17)7-12(18)6-9/h1-7,18H. The highest BCUT2D eigenvalue weighted by Crippen LogP contribution is 2.35. The molecular formula is C13H8ClF3O. The van der Waals surface area contributed by atoms with Gasteiger partial charge in [0.1, 0.15) is 5.75 Å². The number of benzene rings is 2. The first-order chi connectivity index (χ1) is 8.36. The van der Waals surface area contributed by atoms with Crippen LogP contribution in [0.15, 0.2) is 42.5 Å². The minimum atomic E-state index is -4.49. The van der Waals surface area contributed by atoms with E-state index in [1.807, 2.05) is 0 Å². The van der Waals surface area contributed by atoms with Gasteiger partial charge < -0.3 is 5.11 Å². The van der Waals surface area contributed by atoms with Gasteiger partial charge >= 0.3 is 6.18 Å². The third kappa shape index (κ3) is 2.76. The van der Waals surface area contributed by atoms with Gasteiger partial charge in [-0.25, -0.2) is 0 Å². The maximum absolute atomic E-state index is 12.6. The number of hydrogen-bond acceptors (Lipinski definition) is 1. The Balaban J connectivity index is 2.55. The van der Waals surface area contributed by atoms with E-state index in [4.69, 9.17) is 11.6 Å². The lowest BCUT2D eigenvalue weighted by Gasteiger charge is -2.10. The van der Waals surface area contributed by atoms with Gasteiger partial charge in [-0.3, -0.25) is 0 Å². The second-order valence-electron chi connectivity index (χ2n) is 3.78. The molecule has 2 aromatic carbocycles. The lowest BCUT2D eigenvalue weighted by molar-refractivity contribution is -0.137. The van der Waals surface area contributed by atoms with E-state index >= 15 is 0 Å². The van der Waals surface area contributed by atoms with Gasteiger partial charge in [0, 0.05) is 5.02 Å². The topological polar surface area (TPSA) is 20.2 Å². The summed E-state index contributed by atoms with van der Waals surface area (Å²) >= 11 is 5.78. The third-order valence-electron chi connectivity index (χ3n) is 2.40. The van der Waals surface area contributed by atoms with E-state index in [2.05, 4.69) is 0 Å². The van der Waals surface area contributed by atoms with Gasteiger partial charge in [-0.1, -0.05) is 23.7 Å². The Morgan fingerprint density at radius 2 is 1.67 bits per heavy atom. The molecule has 2 aromatic rings. The summed E-state index contributed by atoms with van der Waals surface area (Å²) in [6.07, 6.45) is -4.49. The molecule has 0 saturated carbocycles. The number of hydrogen-bond donors (Lipinski definition) is 1. The highest BCUT2D eigenvalue weighted by molar-refractivity contribution is 6.30. The minimum Gasteiger partial charge on any atom is -0.508 e. The van der Waals surface area contributed by atoms with Gasteiger partial charge in [0.25, 0.3) is 0 Å². The van der Waals surface area contributed by atoms with E-state index < -0.39 is 17.5 Å². The zero-order chi connectivity index (χ0) is 13.3. The summed E-state index contributed by atoms with van der Waals surface area (Å²) in [5.41, 5.74) is -0.105. The molecule has 94 valence electrons. The van der Waals surface area contributed by atoms with Crippen LogP contribution in [-0.2, 0) is 6.18 Å². The Kier molecular flexibility index (Phi) is 3.22. The fourth-order valence-electron chi connectivity index (χ4n) is 1.61. The van der Waals surface area contributed by atoms with Gasteiger partial charge in [-0.2, -0.15) is 13.2 Å². The molecule has 0 spiro atoms. The summed E-state index contributed by atoms with van der Waals surface area (Å²) in [6.45, 7) is 0. The summed E-state index contributed by atoms with van der Waals surface area (Å²) in [4.78, 5) is 0. The summed E-state index contributed by atoms with van der Waals surface area (Å²) in [6, 6.07) is 9.35. The fraction of sp³-hybridized carbons (Fsp3) is 0.0769. The van der Waals surface area contributed by atoms with Crippen LogP contribution < -0.4 is 0 Å². The Morgan fingerprint density at radius 3 is 2.28 bits per heavy atom. The van der Waals surface area contributed by atoms with E-state index in [0.717, 1.165) is 6.07 Å². The van der Waals surface area contributed by atoms with Gasteiger partial charge in [0.05, 0.1) is 5.56 Å². The molecule has 0 unspecified atom stereocenters. The molecule has 0 radical (unpaired) electrons. The molecule has 1 nitrogen and oxygen atoms in total. The van der Waals surface area contributed by atoms with Crippen molar-refractivity contribution in [2.45, 2.75) is 6.18 Å². The number of alkyl halides is 3.